The summed E-state index contributed by atoms with van der Waals surface area (Å²) in [7, 11) is 1.55. The zero-order valence-electron chi connectivity index (χ0n) is 16.9. The number of ether oxygens (including phenoxy) is 2. The lowest BCUT2D eigenvalue weighted by molar-refractivity contribution is -0.141. The van der Waals surface area contributed by atoms with Crippen LogP contribution < -0.4 is 14.8 Å². The zero-order chi connectivity index (χ0) is 21.2. The minimum atomic E-state index is -1.04. The van der Waals surface area contributed by atoms with Crippen molar-refractivity contribution in [1.29, 1.82) is 0 Å². The van der Waals surface area contributed by atoms with Crippen LogP contribution in [0.2, 0.25) is 0 Å². The van der Waals surface area contributed by atoms with Gasteiger partial charge in [0.15, 0.2) is 11.5 Å². The topological polar surface area (TPSA) is 84.9 Å². The number of carbonyl (C=O) groups is 2. The van der Waals surface area contributed by atoms with E-state index in [1.54, 1.807) is 31.4 Å². The molecule has 0 fully saturated rings. The number of benzene rings is 2. The van der Waals surface area contributed by atoms with Crippen molar-refractivity contribution < 1.29 is 24.2 Å². The van der Waals surface area contributed by atoms with Crippen molar-refractivity contribution in [1.82, 2.24) is 5.32 Å². The first-order valence-electron chi connectivity index (χ1n) is 9.45. The first-order valence-corrected chi connectivity index (χ1v) is 9.45. The van der Waals surface area contributed by atoms with Gasteiger partial charge in [0.05, 0.1) is 7.11 Å². The second-order valence-electron chi connectivity index (χ2n) is 7.05. The fourth-order valence-corrected chi connectivity index (χ4v) is 2.73. The van der Waals surface area contributed by atoms with Gasteiger partial charge < -0.3 is 19.9 Å². The van der Waals surface area contributed by atoms with Crippen LogP contribution in [0.15, 0.2) is 54.6 Å². The third-order valence-corrected chi connectivity index (χ3v) is 4.17. The molecule has 0 saturated heterocycles. The van der Waals surface area contributed by atoms with Crippen LogP contribution in [0, 0.1) is 5.92 Å². The second kappa shape index (κ2) is 10.9. The molecule has 0 heterocycles. The Morgan fingerprint density at radius 3 is 2.45 bits per heavy atom. The van der Waals surface area contributed by atoms with Crippen LogP contribution in [0.1, 0.15) is 31.4 Å². The third-order valence-electron chi connectivity index (χ3n) is 4.17. The van der Waals surface area contributed by atoms with Crippen LogP contribution in [0.3, 0.4) is 0 Å². The standard InChI is InChI=1S/C23H27NO5/c1-16(2)13-19(23(26)27)24-22(25)12-10-17-9-11-20(21(14-17)28-3)29-15-18-7-5-4-6-8-18/h4-12,14,16,19H,13,15H2,1-3H3,(H,24,25)(H,26,27)/b12-10+. The Morgan fingerprint density at radius 1 is 1.10 bits per heavy atom. The molecule has 0 aliphatic rings. The molecule has 0 aliphatic heterocycles. The Labute approximate surface area is 171 Å². The molecule has 1 amide bonds. The molecule has 6 nitrogen and oxygen atoms in total. The van der Waals surface area contributed by atoms with E-state index in [1.165, 1.54) is 6.08 Å². The number of amides is 1. The van der Waals surface area contributed by atoms with E-state index in [0.717, 1.165) is 11.1 Å². The lowest BCUT2D eigenvalue weighted by Crippen LogP contribution is -2.40. The van der Waals surface area contributed by atoms with Gasteiger partial charge in [-0.1, -0.05) is 50.2 Å². The van der Waals surface area contributed by atoms with Crippen LogP contribution in [0.25, 0.3) is 6.08 Å². The van der Waals surface area contributed by atoms with Gasteiger partial charge in [-0.25, -0.2) is 4.79 Å². The number of hydrogen-bond acceptors (Lipinski definition) is 4. The van der Waals surface area contributed by atoms with Crippen LogP contribution in [-0.4, -0.2) is 30.1 Å². The average molecular weight is 397 g/mol. The molecule has 6 heteroatoms. The van der Waals surface area contributed by atoms with Crippen molar-refractivity contribution in [2.24, 2.45) is 5.92 Å². The summed E-state index contributed by atoms with van der Waals surface area (Å²) in [5, 5.41) is 11.7. The number of carbonyl (C=O) groups excluding carboxylic acids is 1. The van der Waals surface area contributed by atoms with Crippen molar-refractivity contribution in [3.05, 3.63) is 65.7 Å². The third kappa shape index (κ3) is 7.33. The number of nitrogens with one attached hydrogen (secondary N) is 1. The molecule has 154 valence electrons. The maximum Gasteiger partial charge on any atom is 0.326 e. The predicted molar refractivity (Wildman–Crippen MR) is 112 cm³/mol. The summed E-state index contributed by atoms with van der Waals surface area (Å²) in [6.07, 6.45) is 3.29. The molecule has 0 spiro atoms. The van der Waals surface area contributed by atoms with Gasteiger partial charge in [-0.2, -0.15) is 0 Å². The van der Waals surface area contributed by atoms with Crippen LogP contribution >= 0.6 is 0 Å². The van der Waals surface area contributed by atoms with Crippen LogP contribution in [-0.2, 0) is 16.2 Å². The highest BCUT2D eigenvalue weighted by Gasteiger charge is 2.19. The Kier molecular flexibility index (Phi) is 8.27. The summed E-state index contributed by atoms with van der Waals surface area (Å²) < 4.78 is 11.2. The predicted octanol–water partition coefficient (Wildman–Crippen LogP) is 3.90. The molecule has 2 aromatic carbocycles. The normalized spacial score (nSPS) is 12.0. The summed E-state index contributed by atoms with van der Waals surface area (Å²) in [5.74, 6) is -0.191. The summed E-state index contributed by atoms with van der Waals surface area (Å²) in [5.41, 5.74) is 1.78. The van der Waals surface area contributed by atoms with E-state index < -0.39 is 17.9 Å². The van der Waals surface area contributed by atoms with E-state index >= 15 is 0 Å². The van der Waals surface area contributed by atoms with E-state index in [9.17, 15) is 14.7 Å². The molecule has 29 heavy (non-hydrogen) atoms. The Morgan fingerprint density at radius 2 is 1.83 bits per heavy atom. The van der Waals surface area contributed by atoms with Gasteiger partial charge in [-0.05, 0) is 41.7 Å². The van der Waals surface area contributed by atoms with Crippen molar-refractivity contribution in [3.63, 3.8) is 0 Å². The molecular weight excluding hydrogens is 370 g/mol. The second-order valence-corrected chi connectivity index (χ2v) is 7.05. The quantitative estimate of drug-likeness (QED) is 0.594. The molecule has 2 rings (SSSR count). The number of hydrogen-bond donors (Lipinski definition) is 2. The summed E-state index contributed by atoms with van der Waals surface area (Å²) >= 11 is 0. The molecular formula is C23H27NO5. The van der Waals surface area contributed by atoms with Crippen molar-refractivity contribution in [2.75, 3.05) is 7.11 Å². The fraction of sp³-hybridized carbons (Fsp3) is 0.304. The molecule has 0 radical (unpaired) electrons. The summed E-state index contributed by atoms with van der Waals surface area (Å²) in [6.45, 7) is 4.23. The van der Waals surface area contributed by atoms with E-state index in [-0.39, 0.29) is 5.92 Å². The molecule has 0 saturated carbocycles. The SMILES string of the molecule is COc1cc(/C=C/C(=O)NC(CC(C)C)C(=O)O)ccc1OCc1ccccc1. The highest BCUT2D eigenvalue weighted by atomic mass is 16.5. The van der Waals surface area contributed by atoms with Crippen molar-refractivity contribution in [3.8, 4) is 11.5 Å². The van der Waals surface area contributed by atoms with Crippen molar-refractivity contribution >= 4 is 18.0 Å². The smallest absolute Gasteiger partial charge is 0.326 e. The summed E-state index contributed by atoms with van der Waals surface area (Å²) in [6, 6.07) is 14.2. The highest BCUT2D eigenvalue weighted by Crippen LogP contribution is 2.29. The largest absolute Gasteiger partial charge is 0.493 e. The van der Waals surface area contributed by atoms with Gasteiger partial charge >= 0.3 is 5.97 Å². The number of aliphatic carboxylic acids is 1. The Bertz CT molecular complexity index is 846. The van der Waals surface area contributed by atoms with Gasteiger partial charge in [-0.15, -0.1) is 0 Å². The Hall–Kier alpha value is -3.28. The van der Waals surface area contributed by atoms with E-state index in [4.69, 9.17) is 9.47 Å². The number of carboxylic acid groups (broad SMARTS) is 1. The number of carboxylic acids is 1. The lowest BCUT2D eigenvalue weighted by Gasteiger charge is -2.15. The zero-order valence-corrected chi connectivity index (χ0v) is 16.9. The number of methoxy groups -OCH3 is 1. The molecule has 0 aliphatic carbocycles. The fourth-order valence-electron chi connectivity index (χ4n) is 2.73. The van der Waals surface area contributed by atoms with Gasteiger partial charge in [0.1, 0.15) is 12.6 Å². The van der Waals surface area contributed by atoms with Crippen molar-refractivity contribution in [2.45, 2.75) is 32.9 Å². The molecule has 0 aromatic heterocycles. The van der Waals surface area contributed by atoms with Gasteiger partial charge in [0.2, 0.25) is 5.91 Å². The minimum Gasteiger partial charge on any atom is -0.493 e. The highest BCUT2D eigenvalue weighted by molar-refractivity contribution is 5.94. The number of rotatable bonds is 10. The average Bonchev–Trinajstić information content (AvgIpc) is 2.70. The van der Waals surface area contributed by atoms with E-state index in [0.29, 0.717) is 24.5 Å². The maximum atomic E-state index is 12.1. The van der Waals surface area contributed by atoms with E-state index in [2.05, 4.69) is 5.32 Å². The minimum absolute atomic E-state index is 0.160. The molecule has 1 unspecified atom stereocenters. The monoisotopic (exact) mass is 397 g/mol. The van der Waals surface area contributed by atoms with Gasteiger partial charge in [-0.3, -0.25) is 4.79 Å². The maximum absolute atomic E-state index is 12.1. The Balaban J connectivity index is 2.01. The van der Waals surface area contributed by atoms with Crippen LogP contribution in [0.4, 0.5) is 0 Å². The lowest BCUT2D eigenvalue weighted by atomic mass is 10.0. The van der Waals surface area contributed by atoms with E-state index in [1.807, 2.05) is 44.2 Å². The first-order chi connectivity index (χ1) is 13.9. The van der Waals surface area contributed by atoms with Gasteiger partial charge in [0.25, 0.3) is 0 Å². The van der Waals surface area contributed by atoms with Crippen LogP contribution in [0.5, 0.6) is 11.5 Å². The molecule has 2 aromatic rings. The molecule has 0 bridgehead atoms. The summed E-state index contributed by atoms with van der Waals surface area (Å²) in [4.78, 5) is 23.3. The molecule has 2 N–H and O–H groups in total. The first kappa shape index (κ1) is 22.0. The molecule has 1 atom stereocenters. The van der Waals surface area contributed by atoms with Gasteiger partial charge in [0, 0.05) is 6.08 Å².